The summed E-state index contributed by atoms with van der Waals surface area (Å²) in [6.07, 6.45) is 0. The molecule has 4 heteroatoms. The molecule has 0 saturated carbocycles. The van der Waals surface area contributed by atoms with E-state index >= 15 is 0 Å². The standard InChI is InChI=1S/C14H15NO3/c1-8(2)13(16)11-6-9-4-5-10(15-3)7-12(9)18-14(11)17/h4-8,15H,1-3H3. The number of ketones is 1. The van der Waals surface area contributed by atoms with E-state index in [0.717, 1.165) is 11.1 Å². The number of Topliss-reactive ketones (excluding diaryl/α,β-unsaturated/α-hetero) is 1. The van der Waals surface area contributed by atoms with E-state index in [4.69, 9.17) is 4.42 Å². The van der Waals surface area contributed by atoms with Crippen molar-refractivity contribution in [1.29, 1.82) is 0 Å². The molecule has 2 rings (SSSR count). The molecule has 2 aromatic rings. The molecule has 18 heavy (non-hydrogen) atoms. The molecule has 1 N–H and O–H groups in total. The van der Waals surface area contributed by atoms with Crippen LogP contribution < -0.4 is 10.9 Å². The van der Waals surface area contributed by atoms with Gasteiger partial charge in [-0.2, -0.15) is 0 Å². The molecule has 0 spiro atoms. The van der Waals surface area contributed by atoms with E-state index in [2.05, 4.69) is 5.32 Å². The molecule has 0 amide bonds. The van der Waals surface area contributed by atoms with E-state index in [0.29, 0.717) is 5.58 Å². The third-order valence-electron chi connectivity index (χ3n) is 2.81. The Hall–Kier alpha value is -2.10. The van der Waals surface area contributed by atoms with Crippen LogP contribution >= 0.6 is 0 Å². The van der Waals surface area contributed by atoms with Crippen LogP contribution in [0.1, 0.15) is 24.2 Å². The van der Waals surface area contributed by atoms with Gasteiger partial charge in [-0.25, -0.2) is 4.79 Å². The van der Waals surface area contributed by atoms with Crippen LogP contribution in [-0.2, 0) is 0 Å². The molecule has 0 aliphatic rings. The number of carbonyl (C=O) groups is 1. The van der Waals surface area contributed by atoms with Crippen LogP contribution in [0.25, 0.3) is 11.0 Å². The summed E-state index contributed by atoms with van der Waals surface area (Å²) in [6.45, 7) is 3.52. The summed E-state index contributed by atoms with van der Waals surface area (Å²) in [5.74, 6) is -0.412. The molecule has 1 aromatic carbocycles. The van der Waals surface area contributed by atoms with Gasteiger partial charge in [0, 0.05) is 30.1 Å². The molecule has 4 nitrogen and oxygen atoms in total. The van der Waals surface area contributed by atoms with Gasteiger partial charge in [0.25, 0.3) is 0 Å². The topological polar surface area (TPSA) is 59.3 Å². The highest BCUT2D eigenvalue weighted by Gasteiger charge is 2.16. The first-order valence-corrected chi connectivity index (χ1v) is 5.83. The predicted octanol–water partition coefficient (Wildman–Crippen LogP) is 2.67. The number of carbonyl (C=O) groups excluding carboxylic acids is 1. The number of hydrogen-bond donors (Lipinski definition) is 1. The fourth-order valence-electron chi connectivity index (χ4n) is 1.75. The summed E-state index contributed by atoms with van der Waals surface area (Å²) in [5.41, 5.74) is 0.880. The van der Waals surface area contributed by atoms with Crippen molar-refractivity contribution in [2.45, 2.75) is 13.8 Å². The van der Waals surface area contributed by atoms with Gasteiger partial charge in [0.05, 0.1) is 0 Å². The number of benzene rings is 1. The minimum Gasteiger partial charge on any atom is -0.422 e. The van der Waals surface area contributed by atoms with Crippen molar-refractivity contribution in [1.82, 2.24) is 0 Å². The lowest BCUT2D eigenvalue weighted by Gasteiger charge is -2.05. The third-order valence-corrected chi connectivity index (χ3v) is 2.81. The Labute approximate surface area is 105 Å². The first-order chi connectivity index (χ1) is 8.52. The van der Waals surface area contributed by atoms with Gasteiger partial charge in [0.15, 0.2) is 5.78 Å². The second kappa shape index (κ2) is 4.64. The molecule has 0 atom stereocenters. The summed E-state index contributed by atoms with van der Waals surface area (Å²) < 4.78 is 5.19. The van der Waals surface area contributed by atoms with E-state index in [1.165, 1.54) is 0 Å². The van der Waals surface area contributed by atoms with Crippen molar-refractivity contribution in [3.05, 3.63) is 40.2 Å². The van der Waals surface area contributed by atoms with Crippen molar-refractivity contribution in [2.75, 3.05) is 12.4 Å². The normalized spacial score (nSPS) is 10.9. The molecule has 0 aliphatic heterocycles. The van der Waals surface area contributed by atoms with Crippen LogP contribution in [0.2, 0.25) is 0 Å². The van der Waals surface area contributed by atoms with Crippen LogP contribution in [-0.4, -0.2) is 12.8 Å². The maximum Gasteiger partial charge on any atom is 0.347 e. The highest BCUT2D eigenvalue weighted by molar-refractivity contribution is 5.99. The maximum absolute atomic E-state index is 11.9. The van der Waals surface area contributed by atoms with Crippen molar-refractivity contribution < 1.29 is 9.21 Å². The Morgan fingerprint density at radius 3 is 2.61 bits per heavy atom. The Bertz CT molecular complexity index is 656. The SMILES string of the molecule is CNc1ccc2cc(C(=O)C(C)C)c(=O)oc2c1. The number of hydrogen-bond acceptors (Lipinski definition) is 4. The summed E-state index contributed by atoms with van der Waals surface area (Å²) in [5, 5.41) is 3.71. The number of nitrogens with one attached hydrogen (secondary N) is 1. The Morgan fingerprint density at radius 2 is 2.00 bits per heavy atom. The molecule has 0 unspecified atom stereocenters. The van der Waals surface area contributed by atoms with E-state index in [1.54, 1.807) is 33.0 Å². The average Bonchev–Trinajstić information content (AvgIpc) is 2.36. The Morgan fingerprint density at radius 1 is 1.28 bits per heavy atom. The minimum atomic E-state index is -0.575. The van der Waals surface area contributed by atoms with Gasteiger partial charge in [0.1, 0.15) is 11.1 Å². The Kier molecular flexibility index (Phi) is 3.19. The third kappa shape index (κ3) is 2.14. The lowest BCUT2D eigenvalue weighted by molar-refractivity contribution is 0.0936. The smallest absolute Gasteiger partial charge is 0.347 e. The summed E-state index contributed by atoms with van der Waals surface area (Å²) in [6, 6.07) is 7.02. The van der Waals surface area contributed by atoms with Crippen molar-refractivity contribution in [3.8, 4) is 0 Å². The monoisotopic (exact) mass is 245 g/mol. The van der Waals surface area contributed by atoms with Crippen LogP contribution in [0.4, 0.5) is 5.69 Å². The van der Waals surface area contributed by atoms with Crippen LogP contribution in [0, 0.1) is 5.92 Å². The molecule has 1 aromatic heterocycles. The van der Waals surface area contributed by atoms with Gasteiger partial charge in [0.2, 0.25) is 0 Å². The van der Waals surface area contributed by atoms with Crippen molar-refractivity contribution in [3.63, 3.8) is 0 Å². The van der Waals surface area contributed by atoms with E-state index < -0.39 is 5.63 Å². The van der Waals surface area contributed by atoms with E-state index in [-0.39, 0.29) is 17.3 Å². The molecule has 94 valence electrons. The molecule has 1 heterocycles. The first kappa shape index (κ1) is 12.4. The predicted molar refractivity (Wildman–Crippen MR) is 71.2 cm³/mol. The fourth-order valence-corrected chi connectivity index (χ4v) is 1.75. The largest absolute Gasteiger partial charge is 0.422 e. The first-order valence-electron chi connectivity index (χ1n) is 5.83. The molecule has 0 bridgehead atoms. The molecule has 0 radical (unpaired) electrons. The van der Waals surface area contributed by atoms with Crippen LogP contribution in [0.5, 0.6) is 0 Å². The number of rotatable bonds is 3. The zero-order valence-electron chi connectivity index (χ0n) is 10.6. The van der Waals surface area contributed by atoms with E-state index in [1.807, 2.05) is 12.1 Å². The summed E-state index contributed by atoms with van der Waals surface area (Å²) in [4.78, 5) is 23.6. The second-order valence-electron chi connectivity index (χ2n) is 4.47. The second-order valence-corrected chi connectivity index (χ2v) is 4.47. The van der Waals surface area contributed by atoms with Gasteiger partial charge in [-0.3, -0.25) is 4.79 Å². The van der Waals surface area contributed by atoms with Crippen molar-refractivity contribution in [2.24, 2.45) is 5.92 Å². The molecular weight excluding hydrogens is 230 g/mol. The molecule has 0 aliphatic carbocycles. The highest BCUT2D eigenvalue weighted by Crippen LogP contribution is 2.19. The zero-order chi connectivity index (χ0) is 13.3. The van der Waals surface area contributed by atoms with E-state index in [9.17, 15) is 9.59 Å². The molecular formula is C14H15NO3. The van der Waals surface area contributed by atoms with Crippen molar-refractivity contribution >= 4 is 22.4 Å². The average molecular weight is 245 g/mol. The van der Waals surface area contributed by atoms with Gasteiger partial charge in [-0.15, -0.1) is 0 Å². The van der Waals surface area contributed by atoms with Gasteiger partial charge < -0.3 is 9.73 Å². The maximum atomic E-state index is 11.9. The fraction of sp³-hybridized carbons (Fsp3) is 0.286. The van der Waals surface area contributed by atoms with Gasteiger partial charge in [-0.1, -0.05) is 13.8 Å². The van der Waals surface area contributed by atoms with Gasteiger partial charge in [-0.05, 0) is 18.2 Å². The lowest BCUT2D eigenvalue weighted by Crippen LogP contribution is -2.18. The Balaban J connectivity index is 2.63. The van der Waals surface area contributed by atoms with Crippen LogP contribution in [0.15, 0.2) is 33.5 Å². The summed E-state index contributed by atoms with van der Waals surface area (Å²) in [7, 11) is 1.79. The molecule has 0 fully saturated rings. The minimum absolute atomic E-state index is 0.120. The van der Waals surface area contributed by atoms with Crippen LogP contribution in [0.3, 0.4) is 0 Å². The molecule has 0 saturated heterocycles. The lowest BCUT2D eigenvalue weighted by atomic mass is 10.0. The van der Waals surface area contributed by atoms with Gasteiger partial charge >= 0.3 is 5.63 Å². The number of fused-ring (bicyclic) bond motifs is 1. The highest BCUT2D eigenvalue weighted by atomic mass is 16.4. The number of anilines is 1. The summed E-state index contributed by atoms with van der Waals surface area (Å²) >= 11 is 0. The zero-order valence-corrected chi connectivity index (χ0v) is 10.6. The quantitative estimate of drug-likeness (QED) is 0.667.